The van der Waals surface area contributed by atoms with Gasteiger partial charge in [0.2, 0.25) is 0 Å². The largest absolute Gasteiger partial charge is 0.394 e. The molecule has 4 aliphatic carbocycles. The molecule has 0 amide bonds. The summed E-state index contributed by atoms with van der Waals surface area (Å²) < 4.78 is 72.8. The Morgan fingerprint density at radius 2 is 1.11 bits per heavy atom. The molecule has 7 heterocycles. The maximum absolute atomic E-state index is 11.9. The lowest BCUT2D eigenvalue weighted by atomic mass is 9.44. The molecular formula is C55H90O26. The minimum atomic E-state index is -2.24. The van der Waals surface area contributed by atoms with Gasteiger partial charge in [0.25, 0.3) is 0 Å². The fourth-order valence-corrected chi connectivity index (χ4v) is 17.1. The molecule has 7 aliphatic heterocycles. The molecule has 0 bridgehead atoms. The van der Waals surface area contributed by atoms with Gasteiger partial charge in [0.15, 0.2) is 43.5 Å². The summed E-state index contributed by atoms with van der Waals surface area (Å²) in [4.78, 5) is 0. The Labute approximate surface area is 470 Å². The molecule has 0 unspecified atom stereocenters. The Bertz CT molecular complexity index is 2110. The van der Waals surface area contributed by atoms with Gasteiger partial charge in [-0.05, 0) is 111 Å². The molecule has 466 valence electrons. The molecule has 26 nitrogen and oxygen atoms in total. The number of fused-ring (bicyclic) bond motifs is 7. The highest BCUT2D eigenvalue weighted by Gasteiger charge is 2.69. The third-order valence-electron chi connectivity index (χ3n) is 21.8. The Hall–Kier alpha value is -1.04. The van der Waals surface area contributed by atoms with Gasteiger partial charge in [-0.3, -0.25) is 0 Å². The summed E-state index contributed by atoms with van der Waals surface area (Å²) in [5, 5.41) is 153. The molecule has 4 saturated carbocycles. The van der Waals surface area contributed by atoms with Crippen LogP contribution in [-0.4, -0.2) is 264 Å². The van der Waals surface area contributed by atoms with Gasteiger partial charge < -0.3 is 128 Å². The third-order valence-corrected chi connectivity index (χ3v) is 21.8. The quantitative estimate of drug-likeness (QED) is 0.0845. The van der Waals surface area contributed by atoms with E-state index < -0.39 is 173 Å². The second-order valence-corrected chi connectivity index (χ2v) is 26.3. The number of hydrogen-bond acceptors (Lipinski definition) is 26. The molecule has 7 saturated heterocycles. The van der Waals surface area contributed by atoms with Crippen LogP contribution < -0.4 is 0 Å². The van der Waals surface area contributed by atoms with Crippen molar-refractivity contribution in [3.8, 4) is 0 Å². The first-order valence-electron chi connectivity index (χ1n) is 29.6. The normalized spacial score (nSPS) is 58.5. The van der Waals surface area contributed by atoms with E-state index in [0.29, 0.717) is 54.3 Å². The zero-order chi connectivity index (χ0) is 57.9. The van der Waals surface area contributed by atoms with Gasteiger partial charge in [-0.2, -0.15) is 0 Å². The summed E-state index contributed by atoms with van der Waals surface area (Å²) in [6.45, 7) is 9.39. The van der Waals surface area contributed by atoms with Gasteiger partial charge in [0.05, 0.1) is 44.7 Å². The molecule has 0 aromatic heterocycles. The Morgan fingerprint density at radius 3 is 1.81 bits per heavy atom. The Balaban J connectivity index is 0.770. The fourth-order valence-electron chi connectivity index (χ4n) is 17.1. The molecule has 0 aromatic rings. The van der Waals surface area contributed by atoms with Crippen LogP contribution in [0.25, 0.3) is 0 Å². The van der Waals surface area contributed by atoms with Crippen LogP contribution in [0.3, 0.4) is 0 Å². The van der Waals surface area contributed by atoms with Crippen molar-refractivity contribution >= 4 is 0 Å². The van der Waals surface area contributed by atoms with E-state index >= 15 is 0 Å². The summed E-state index contributed by atoms with van der Waals surface area (Å²) in [6, 6.07) is 0. The second kappa shape index (κ2) is 23.8. The van der Waals surface area contributed by atoms with Gasteiger partial charge in [-0.25, -0.2) is 0 Å². The van der Waals surface area contributed by atoms with Crippen molar-refractivity contribution < 1.29 is 128 Å². The van der Waals surface area contributed by atoms with E-state index in [1.165, 1.54) is 6.92 Å². The van der Waals surface area contributed by atoms with E-state index in [1.54, 1.807) is 0 Å². The van der Waals surface area contributed by atoms with E-state index in [9.17, 15) is 71.5 Å². The smallest absolute Gasteiger partial charge is 0.190 e. The van der Waals surface area contributed by atoms with Crippen molar-refractivity contribution in [3.63, 3.8) is 0 Å². The highest BCUT2D eigenvalue weighted by Crippen LogP contribution is 2.71. The molecule has 81 heavy (non-hydrogen) atoms. The first-order chi connectivity index (χ1) is 38.4. The van der Waals surface area contributed by atoms with Crippen LogP contribution in [0.15, 0.2) is 0 Å². The summed E-state index contributed by atoms with van der Waals surface area (Å²) in [5.74, 6) is 2.88. The van der Waals surface area contributed by atoms with Crippen molar-refractivity contribution in [3.05, 3.63) is 0 Å². The first kappa shape index (κ1) is 61.6. The molecule has 11 aliphatic rings. The minimum absolute atomic E-state index is 0.0584. The SMILES string of the molecule is C[C@@H]1CC[C@@]2(OC1)O[C@H]1C[C@@H]3[C@@H]4CC[C@H]5C[C@@H](O[C@@H]6O[C@H](CO)[C@H](O[C@@H]7O[C@H](O)[C@@H](O)[C@H](O[C@@H]8O[C@H](CO)[C@@H](O)[C@H](O)[C@H]8O)[C@H]7O[C@@H]7OC[C@@H](O)[C@H](O[C@@H]8O[C@@H](C)[C@H](O)[C@@H](O)[C@H]8O)[C@H]7O)[C@H](O)[C@H]6O)CC[C@]5(C)[C@H]4CC[C@]3(C)[C@H]1[C@@H]2C. The molecule has 36 atom stereocenters. The molecular weight excluding hydrogens is 1080 g/mol. The summed E-state index contributed by atoms with van der Waals surface area (Å²) in [7, 11) is 0. The predicted molar refractivity (Wildman–Crippen MR) is 269 cm³/mol. The topological polar surface area (TPSA) is 394 Å². The van der Waals surface area contributed by atoms with E-state index in [4.69, 9.17) is 56.8 Å². The van der Waals surface area contributed by atoms with E-state index in [0.717, 1.165) is 58.0 Å². The van der Waals surface area contributed by atoms with Gasteiger partial charge in [0.1, 0.15) is 104 Å². The van der Waals surface area contributed by atoms with Crippen molar-refractivity contribution in [2.45, 2.75) is 264 Å². The van der Waals surface area contributed by atoms with Crippen molar-refractivity contribution in [2.75, 3.05) is 26.4 Å². The molecule has 26 heteroatoms. The minimum Gasteiger partial charge on any atom is -0.394 e. The van der Waals surface area contributed by atoms with Crippen LogP contribution in [0.1, 0.15) is 98.8 Å². The molecule has 0 aromatic carbocycles. The third kappa shape index (κ3) is 10.8. The second-order valence-electron chi connectivity index (χ2n) is 26.3. The average Bonchev–Trinajstić information content (AvgIpc) is 4.16. The Morgan fingerprint density at radius 1 is 0.481 bits per heavy atom. The van der Waals surface area contributed by atoms with E-state index in [-0.39, 0.29) is 23.0 Å². The lowest BCUT2D eigenvalue weighted by Crippen LogP contribution is -2.68. The number of rotatable bonds is 12. The van der Waals surface area contributed by atoms with Gasteiger partial charge in [-0.1, -0.05) is 27.7 Å². The maximum Gasteiger partial charge on any atom is 0.190 e. The van der Waals surface area contributed by atoms with Gasteiger partial charge in [-0.15, -0.1) is 0 Å². The highest BCUT2D eigenvalue weighted by atomic mass is 16.8. The van der Waals surface area contributed by atoms with Crippen LogP contribution in [0.4, 0.5) is 0 Å². The number of aliphatic hydroxyl groups excluding tert-OH is 14. The number of ether oxygens (including phenoxy) is 12. The van der Waals surface area contributed by atoms with Crippen molar-refractivity contribution in [1.82, 2.24) is 0 Å². The Kier molecular flexibility index (Phi) is 18.1. The summed E-state index contributed by atoms with van der Waals surface area (Å²) >= 11 is 0. The fraction of sp³-hybridized carbons (Fsp3) is 1.00. The standard InChI is InChI=1S/C55H90O26/c1-20-8-13-55(71-18-20)21(2)32-29(81-55)15-27-25-7-6-23-14-24(9-11-53(23,4)26(25)10-12-54(27,32)5)73-50-40(66)37(63)44(31(17-57)75-50)77-52-46(45(41(67)47(69)80-52)78-51-39(65)36(62)34(60)30(16-56)74-51)79-48-42(68)43(28(58)19-70-48)76-49-38(64)35(61)33(59)22(3)72-49/h20-52,56-69H,6-19H2,1-5H3/t20-,21+,22+,23+,24+,25-,26+,27-,28-,29+,30-,31-,32+,33+,34-,35-,36+,37-,38-,39-,40-,41+,42-,43+,44+,45+,46-,47+,48+,49+,50-,51+,52-,53+,54+,55-/m1/s1. The summed E-state index contributed by atoms with van der Waals surface area (Å²) in [6.07, 6.45) is -33.8. The monoisotopic (exact) mass is 1170 g/mol. The molecule has 11 rings (SSSR count). The lowest BCUT2D eigenvalue weighted by Gasteiger charge is -2.61. The van der Waals surface area contributed by atoms with Crippen LogP contribution in [-0.2, 0) is 56.8 Å². The van der Waals surface area contributed by atoms with Crippen molar-refractivity contribution in [2.24, 2.45) is 52.3 Å². The van der Waals surface area contributed by atoms with Gasteiger partial charge in [0, 0.05) is 12.3 Å². The lowest BCUT2D eigenvalue weighted by molar-refractivity contribution is -0.420. The molecule has 11 fully saturated rings. The first-order valence-corrected chi connectivity index (χ1v) is 29.6. The molecule has 14 N–H and O–H groups in total. The number of aliphatic hydroxyl groups is 14. The summed E-state index contributed by atoms with van der Waals surface area (Å²) in [5.41, 5.74) is 0.236. The zero-order valence-electron chi connectivity index (χ0n) is 46.6. The molecule has 0 radical (unpaired) electrons. The number of hydrogen-bond donors (Lipinski definition) is 14. The van der Waals surface area contributed by atoms with Crippen LogP contribution >= 0.6 is 0 Å². The molecule has 1 spiro atoms. The van der Waals surface area contributed by atoms with E-state index in [1.807, 2.05) is 0 Å². The van der Waals surface area contributed by atoms with Crippen LogP contribution in [0.5, 0.6) is 0 Å². The van der Waals surface area contributed by atoms with Crippen molar-refractivity contribution in [1.29, 1.82) is 0 Å². The highest BCUT2D eigenvalue weighted by molar-refractivity contribution is 5.16. The van der Waals surface area contributed by atoms with Gasteiger partial charge >= 0.3 is 0 Å². The predicted octanol–water partition coefficient (Wildman–Crippen LogP) is -3.46. The zero-order valence-corrected chi connectivity index (χ0v) is 46.6. The maximum atomic E-state index is 11.9. The van der Waals surface area contributed by atoms with E-state index in [2.05, 4.69) is 27.7 Å². The van der Waals surface area contributed by atoms with Crippen LogP contribution in [0.2, 0.25) is 0 Å². The average molecular weight is 1170 g/mol. The van der Waals surface area contributed by atoms with Crippen LogP contribution in [0, 0.1) is 52.3 Å².